The number of para-hydroxylation sites is 1. The molecule has 2 rings (SSSR count). The zero-order valence-corrected chi connectivity index (χ0v) is 14.2. The molecule has 0 atom stereocenters. The van der Waals surface area contributed by atoms with Crippen LogP contribution in [0, 0.1) is 10.1 Å². The zero-order chi connectivity index (χ0) is 18.9. The summed E-state index contributed by atoms with van der Waals surface area (Å²) in [7, 11) is 1.56. The highest BCUT2D eigenvalue weighted by atomic mass is 16.6. The van der Waals surface area contributed by atoms with Gasteiger partial charge in [0.2, 0.25) is 5.91 Å². The molecule has 0 saturated heterocycles. The molecule has 26 heavy (non-hydrogen) atoms. The Labute approximate surface area is 150 Å². The third-order valence-corrected chi connectivity index (χ3v) is 3.65. The number of amides is 2. The molecule has 0 fully saturated rings. The number of nitro groups is 1. The van der Waals surface area contributed by atoms with E-state index in [-0.39, 0.29) is 24.6 Å². The average molecular weight is 357 g/mol. The van der Waals surface area contributed by atoms with E-state index in [9.17, 15) is 19.7 Å². The summed E-state index contributed by atoms with van der Waals surface area (Å²) < 4.78 is 5.21. The molecule has 8 heteroatoms. The van der Waals surface area contributed by atoms with Gasteiger partial charge in [-0.3, -0.25) is 19.7 Å². The van der Waals surface area contributed by atoms with Gasteiger partial charge < -0.3 is 15.4 Å². The van der Waals surface area contributed by atoms with Crippen LogP contribution < -0.4 is 15.4 Å². The van der Waals surface area contributed by atoms with E-state index in [0.29, 0.717) is 17.9 Å². The SMILES string of the molecule is COc1ccccc1CNC(=O)CCNC(=O)c1ccc([N+](=O)[O-])cc1. The summed E-state index contributed by atoms with van der Waals surface area (Å²) in [5, 5.41) is 16.0. The molecule has 0 aromatic heterocycles. The molecule has 0 aliphatic heterocycles. The maximum Gasteiger partial charge on any atom is 0.269 e. The average Bonchev–Trinajstić information content (AvgIpc) is 2.66. The summed E-state index contributed by atoms with van der Waals surface area (Å²) in [4.78, 5) is 33.9. The molecule has 0 bridgehead atoms. The van der Waals surface area contributed by atoms with Crippen molar-refractivity contribution in [3.8, 4) is 5.75 Å². The Morgan fingerprint density at radius 1 is 1.08 bits per heavy atom. The Balaban J connectivity index is 1.75. The van der Waals surface area contributed by atoms with Crippen molar-refractivity contribution in [2.45, 2.75) is 13.0 Å². The predicted octanol–water partition coefficient (Wildman–Crippen LogP) is 2.04. The van der Waals surface area contributed by atoms with Crippen molar-refractivity contribution in [3.05, 3.63) is 69.8 Å². The van der Waals surface area contributed by atoms with Crippen LogP contribution in [-0.2, 0) is 11.3 Å². The van der Waals surface area contributed by atoms with Gasteiger partial charge in [0.05, 0.1) is 12.0 Å². The molecule has 0 aliphatic carbocycles. The van der Waals surface area contributed by atoms with Crippen LogP contribution in [0.15, 0.2) is 48.5 Å². The number of methoxy groups -OCH3 is 1. The van der Waals surface area contributed by atoms with Crippen molar-refractivity contribution in [1.29, 1.82) is 0 Å². The first-order valence-corrected chi connectivity index (χ1v) is 7.92. The van der Waals surface area contributed by atoms with Crippen molar-refractivity contribution in [2.75, 3.05) is 13.7 Å². The van der Waals surface area contributed by atoms with Crippen LogP contribution in [0.1, 0.15) is 22.3 Å². The number of carbonyl (C=O) groups excluding carboxylic acids is 2. The first-order chi connectivity index (χ1) is 12.5. The molecule has 0 aliphatic rings. The molecule has 2 aromatic rings. The molecule has 0 spiro atoms. The van der Waals surface area contributed by atoms with Crippen LogP contribution in [0.5, 0.6) is 5.75 Å². The van der Waals surface area contributed by atoms with Gasteiger partial charge in [-0.05, 0) is 18.2 Å². The maximum absolute atomic E-state index is 11.9. The number of rotatable bonds is 8. The Bertz CT molecular complexity index is 790. The lowest BCUT2D eigenvalue weighted by atomic mass is 10.2. The molecule has 8 nitrogen and oxygen atoms in total. The Morgan fingerprint density at radius 3 is 2.42 bits per heavy atom. The minimum absolute atomic E-state index is 0.0859. The molecule has 0 heterocycles. The van der Waals surface area contributed by atoms with Gasteiger partial charge in [0.25, 0.3) is 11.6 Å². The lowest BCUT2D eigenvalue weighted by Crippen LogP contribution is -2.30. The van der Waals surface area contributed by atoms with Gasteiger partial charge in [0.1, 0.15) is 5.75 Å². The minimum atomic E-state index is -0.534. The van der Waals surface area contributed by atoms with Crippen LogP contribution in [-0.4, -0.2) is 30.4 Å². The quantitative estimate of drug-likeness (QED) is 0.555. The number of nitrogens with one attached hydrogen (secondary N) is 2. The van der Waals surface area contributed by atoms with Gasteiger partial charge in [-0.15, -0.1) is 0 Å². The van der Waals surface area contributed by atoms with E-state index >= 15 is 0 Å². The standard InChI is InChI=1S/C18H19N3O5/c1-26-16-5-3-2-4-14(16)12-20-17(22)10-11-19-18(23)13-6-8-15(9-7-13)21(24)25/h2-9H,10-12H2,1H3,(H,19,23)(H,20,22). The Morgan fingerprint density at radius 2 is 1.77 bits per heavy atom. The maximum atomic E-state index is 11.9. The van der Waals surface area contributed by atoms with E-state index in [4.69, 9.17) is 4.74 Å². The van der Waals surface area contributed by atoms with Gasteiger partial charge in [-0.2, -0.15) is 0 Å². The normalized spacial score (nSPS) is 10.0. The summed E-state index contributed by atoms with van der Waals surface area (Å²) in [5.41, 5.74) is 1.07. The Hall–Kier alpha value is -3.42. The summed E-state index contributed by atoms with van der Waals surface area (Å²) >= 11 is 0. The number of non-ortho nitro benzene ring substituents is 1. The first-order valence-electron chi connectivity index (χ1n) is 7.92. The van der Waals surface area contributed by atoms with Crippen LogP contribution in [0.4, 0.5) is 5.69 Å². The lowest BCUT2D eigenvalue weighted by Gasteiger charge is -2.10. The molecule has 2 amide bonds. The fourth-order valence-electron chi connectivity index (χ4n) is 2.26. The van der Waals surface area contributed by atoms with Gasteiger partial charge in [0, 0.05) is 42.8 Å². The van der Waals surface area contributed by atoms with E-state index in [1.165, 1.54) is 24.3 Å². The van der Waals surface area contributed by atoms with E-state index in [1.807, 2.05) is 24.3 Å². The number of hydrogen-bond acceptors (Lipinski definition) is 5. The number of carbonyl (C=O) groups is 2. The lowest BCUT2D eigenvalue weighted by molar-refractivity contribution is -0.384. The van der Waals surface area contributed by atoms with Gasteiger partial charge in [0.15, 0.2) is 0 Å². The largest absolute Gasteiger partial charge is 0.496 e. The molecular weight excluding hydrogens is 338 g/mol. The second kappa shape index (κ2) is 9.16. The van der Waals surface area contributed by atoms with Crippen molar-refractivity contribution in [3.63, 3.8) is 0 Å². The topological polar surface area (TPSA) is 111 Å². The summed E-state index contributed by atoms with van der Waals surface area (Å²) in [6.07, 6.45) is 0.119. The van der Waals surface area contributed by atoms with Gasteiger partial charge in [-0.1, -0.05) is 18.2 Å². The summed E-state index contributed by atoms with van der Waals surface area (Å²) in [6, 6.07) is 12.6. The third-order valence-electron chi connectivity index (χ3n) is 3.65. The summed E-state index contributed by atoms with van der Waals surface area (Å²) in [6.45, 7) is 0.493. The number of benzene rings is 2. The van der Waals surface area contributed by atoms with Crippen LogP contribution in [0.2, 0.25) is 0 Å². The van der Waals surface area contributed by atoms with Crippen LogP contribution in [0.25, 0.3) is 0 Å². The van der Waals surface area contributed by atoms with E-state index in [0.717, 1.165) is 5.56 Å². The molecular formula is C18H19N3O5. The highest BCUT2D eigenvalue weighted by Gasteiger charge is 2.10. The van der Waals surface area contributed by atoms with E-state index in [2.05, 4.69) is 10.6 Å². The van der Waals surface area contributed by atoms with Crippen molar-refractivity contribution in [2.24, 2.45) is 0 Å². The molecule has 136 valence electrons. The Kier molecular flexibility index (Phi) is 6.67. The highest BCUT2D eigenvalue weighted by Crippen LogP contribution is 2.16. The molecule has 0 radical (unpaired) electrons. The zero-order valence-electron chi connectivity index (χ0n) is 14.2. The van der Waals surface area contributed by atoms with E-state index < -0.39 is 10.8 Å². The number of nitrogens with zero attached hydrogens (tertiary/aromatic N) is 1. The fraction of sp³-hybridized carbons (Fsp3) is 0.222. The monoisotopic (exact) mass is 357 g/mol. The molecule has 2 N–H and O–H groups in total. The first kappa shape index (κ1) is 18.9. The predicted molar refractivity (Wildman–Crippen MR) is 94.9 cm³/mol. The molecule has 0 unspecified atom stereocenters. The van der Waals surface area contributed by atoms with Crippen molar-refractivity contribution >= 4 is 17.5 Å². The molecule has 0 saturated carbocycles. The third kappa shape index (κ3) is 5.30. The smallest absolute Gasteiger partial charge is 0.269 e. The highest BCUT2D eigenvalue weighted by molar-refractivity contribution is 5.94. The molecule has 2 aromatic carbocycles. The van der Waals surface area contributed by atoms with E-state index in [1.54, 1.807) is 7.11 Å². The van der Waals surface area contributed by atoms with Crippen molar-refractivity contribution in [1.82, 2.24) is 10.6 Å². The second-order valence-electron chi connectivity index (χ2n) is 5.40. The van der Waals surface area contributed by atoms with Crippen LogP contribution in [0.3, 0.4) is 0 Å². The minimum Gasteiger partial charge on any atom is -0.496 e. The van der Waals surface area contributed by atoms with Gasteiger partial charge in [-0.25, -0.2) is 0 Å². The second-order valence-corrected chi connectivity index (χ2v) is 5.40. The number of hydrogen-bond donors (Lipinski definition) is 2. The van der Waals surface area contributed by atoms with Crippen molar-refractivity contribution < 1.29 is 19.2 Å². The summed E-state index contributed by atoms with van der Waals surface area (Å²) in [5.74, 6) is 0.0941. The van der Waals surface area contributed by atoms with Gasteiger partial charge >= 0.3 is 0 Å². The fourth-order valence-corrected chi connectivity index (χ4v) is 2.26. The number of ether oxygens (including phenoxy) is 1. The number of nitro benzene ring substituents is 1. The van der Waals surface area contributed by atoms with Crippen LogP contribution >= 0.6 is 0 Å².